The molecule has 2 atom stereocenters. The normalized spacial score (nSPS) is 21.3. The van der Waals surface area contributed by atoms with Crippen molar-refractivity contribution in [1.29, 1.82) is 0 Å². The van der Waals surface area contributed by atoms with Crippen LogP contribution in [0.4, 0.5) is 14.7 Å². The molecule has 2 aliphatic heterocycles. The fraction of sp³-hybridized carbons (Fsp3) is 0.609. The van der Waals surface area contributed by atoms with Crippen LogP contribution in [-0.4, -0.2) is 57.7 Å². The number of benzene rings is 1. The van der Waals surface area contributed by atoms with Crippen LogP contribution in [0, 0.1) is 19.8 Å². The number of hydrogen-bond donors (Lipinski definition) is 1. The molecule has 4 rings (SSSR count). The van der Waals surface area contributed by atoms with Crippen LogP contribution in [0.25, 0.3) is 0 Å². The summed E-state index contributed by atoms with van der Waals surface area (Å²) in [6, 6.07) is 5.05. The van der Waals surface area contributed by atoms with Gasteiger partial charge in [0.1, 0.15) is 18.1 Å². The number of rotatable bonds is 7. The molecule has 1 aromatic heterocycles. The Bertz CT molecular complexity index is 927. The lowest BCUT2D eigenvalue weighted by atomic mass is 9.85. The summed E-state index contributed by atoms with van der Waals surface area (Å²) in [5.41, 5.74) is 2.30. The third-order valence-corrected chi connectivity index (χ3v) is 6.57. The minimum absolute atomic E-state index is 0.0749. The van der Waals surface area contributed by atoms with E-state index in [2.05, 4.69) is 21.5 Å². The van der Waals surface area contributed by atoms with Gasteiger partial charge in [0.2, 0.25) is 11.9 Å². The number of halogens is 2. The molecule has 32 heavy (non-hydrogen) atoms. The second-order valence-corrected chi connectivity index (χ2v) is 8.86. The molecule has 0 spiro atoms. The van der Waals surface area contributed by atoms with Crippen molar-refractivity contribution in [3.63, 3.8) is 0 Å². The maximum atomic E-state index is 13.5. The first-order chi connectivity index (χ1) is 15.4. The van der Waals surface area contributed by atoms with Crippen molar-refractivity contribution in [2.24, 2.45) is 5.92 Å². The second-order valence-electron chi connectivity index (χ2n) is 8.86. The third kappa shape index (κ3) is 5.02. The number of carbonyl (C=O) groups excluding carboxylic acids is 1. The van der Waals surface area contributed by atoms with Gasteiger partial charge in [0.15, 0.2) is 0 Å². The number of aryl methyl sites for hydroxylation is 2. The fourth-order valence-electron chi connectivity index (χ4n) is 4.78. The summed E-state index contributed by atoms with van der Waals surface area (Å²) >= 11 is 0. The lowest BCUT2D eigenvalue weighted by Crippen LogP contribution is -2.46. The number of fused-ring (bicyclic) bond motifs is 1. The summed E-state index contributed by atoms with van der Waals surface area (Å²) in [4.78, 5) is 18.6. The van der Waals surface area contributed by atoms with Crippen LogP contribution in [0.5, 0.6) is 5.75 Å². The van der Waals surface area contributed by atoms with Gasteiger partial charge in [-0.1, -0.05) is 17.7 Å². The van der Waals surface area contributed by atoms with Crippen LogP contribution < -0.4 is 10.1 Å². The van der Waals surface area contributed by atoms with Gasteiger partial charge in [-0.15, -0.1) is 0 Å². The van der Waals surface area contributed by atoms with Crippen molar-refractivity contribution in [3.05, 3.63) is 35.7 Å². The molecule has 9 heteroatoms. The standard InChI is InChI=1S/C23H31F2N5O2/c1-15-5-6-20(16(2)12-15)32-11-3-4-21(31)29-9-7-17(8-10-29)18-13-19(22(24)25)30-23(28-18)26-14-27-30/h5-6,12,14,17-19,22H,3-4,7-11,13H2,1-2H3,(H,26,27,28)/t18-,19+/m0/s1. The van der Waals surface area contributed by atoms with Gasteiger partial charge in [0.05, 0.1) is 6.61 Å². The van der Waals surface area contributed by atoms with Crippen molar-refractivity contribution >= 4 is 11.9 Å². The molecule has 0 saturated carbocycles. The summed E-state index contributed by atoms with van der Waals surface area (Å²) in [6.45, 7) is 5.89. The molecule has 7 nitrogen and oxygen atoms in total. The number of anilines is 1. The lowest BCUT2D eigenvalue weighted by molar-refractivity contribution is -0.132. The maximum absolute atomic E-state index is 13.5. The van der Waals surface area contributed by atoms with Crippen LogP contribution in [0.1, 0.15) is 49.3 Å². The van der Waals surface area contributed by atoms with E-state index in [0.717, 1.165) is 24.2 Å². The van der Waals surface area contributed by atoms with Gasteiger partial charge in [-0.3, -0.25) is 4.79 Å². The topological polar surface area (TPSA) is 72.3 Å². The first-order valence-electron chi connectivity index (χ1n) is 11.3. The Hall–Kier alpha value is -2.71. The summed E-state index contributed by atoms with van der Waals surface area (Å²) < 4.78 is 34.1. The second kappa shape index (κ2) is 9.83. The van der Waals surface area contributed by atoms with E-state index in [1.165, 1.54) is 16.6 Å². The maximum Gasteiger partial charge on any atom is 0.260 e. The van der Waals surface area contributed by atoms with Crippen molar-refractivity contribution < 1.29 is 18.3 Å². The van der Waals surface area contributed by atoms with E-state index in [9.17, 15) is 13.6 Å². The van der Waals surface area contributed by atoms with Gasteiger partial charge in [0.25, 0.3) is 6.43 Å². The summed E-state index contributed by atoms with van der Waals surface area (Å²) in [5, 5.41) is 7.21. The zero-order chi connectivity index (χ0) is 22.7. The molecule has 0 bridgehead atoms. The van der Waals surface area contributed by atoms with E-state index in [1.807, 2.05) is 30.9 Å². The monoisotopic (exact) mass is 447 g/mol. The van der Waals surface area contributed by atoms with Crippen LogP contribution in [0.2, 0.25) is 0 Å². The molecular formula is C23H31F2N5O2. The Labute approximate surface area is 187 Å². The van der Waals surface area contributed by atoms with E-state index in [0.29, 0.717) is 44.9 Å². The third-order valence-electron chi connectivity index (χ3n) is 6.57. The molecule has 0 unspecified atom stereocenters. The lowest BCUT2D eigenvalue weighted by Gasteiger charge is -2.40. The van der Waals surface area contributed by atoms with E-state index >= 15 is 0 Å². The SMILES string of the molecule is Cc1ccc(OCCCC(=O)N2CCC([C@@H]3C[C@H](C(F)F)n4ncnc4N3)CC2)c(C)c1. The average molecular weight is 448 g/mol. The number of ether oxygens (including phenoxy) is 1. The number of aromatic nitrogens is 3. The van der Waals surface area contributed by atoms with Crippen LogP contribution in [-0.2, 0) is 4.79 Å². The highest BCUT2D eigenvalue weighted by atomic mass is 19.3. The minimum Gasteiger partial charge on any atom is -0.493 e. The number of nitrogens with one attached hydrogen (secondary N) is 1. The predicted molar refractivity (Wildman–Crippen MR) is 117 cm³/mol. The molecule has 1 fully saturated rings. The van der Waals surface area contributed by atoms with Crippen LogP contribution in [0.3, 0.4) is 0 Å². The van der Waals surface area contributed by atoms with Gasteiger partial charge < -0.3 is 15.0 Å². The number of alkyl halides is 2. The molecule has 1 amide bonds. The highest BCUT2D eigenvalue weighted by Gasteiger charge is 2.38. The zero-order valence-corrected chi connectivity index (χ0v) is 18.6. The van der Waals surface area contributed by atoms with Crippen molar-refractivity contribution in [2.45, 2.75) is 64.5 Å². The van der Waals surface area contributed by atoms with Gasteiger partial charge in [-0.25, -0.2) is 13.5 Å². The fourth-order valence-corrected chi connectivity index (χ4v) is 4.78. The molecule has 174 valence electrons. The molecular weight excluding hydrogens is 416 g/mol. The summed E-state index contributed by atoms with van der Waals surface area (Å²) in [7, 11) is 0. The van der Waals surface area contributed by atoms with E-state index in [4.69, 9.17) is 4.74 Å². The number of nitrogens with zero attached hydrogens (tertiary/aromatic N) is 4. The summed E-state index contributed by atoms with van der Waals surface area (Å²) in [5.74, 6) is 1.64. The van der Waals surface area contributed by atoms with Crippen LogP contribution in [0.15, 0.2) is 24.5 Å². The molecule has 0 aliphatic carbocycles. The predicted octanol–water partition coefficient (Wildman–Crippen LogP) is 3.98. The molecule has 0 radical (unpaired) electrons. The Morgan fingerprint density at radius 2 is 2.06 bits per heavy atom. The first kappa shape index (κ1) is 22.5. The summed E-state index contributed by atoms with van der Waals surface area (Å²) in [6.07, 6.45) is 1.87. The number of piperidine rings is 1. The Morgan fingerprint density at radius 3 is 2.78 bits per heavy atom. The average Bonchev–Trinajstić information content (AvgIpc) is 3.25. The van der Waals surface area contributed by atoms with E-state index in [1.54, 1.807) is 0 Å². The van der Waals surface area contributed by atoms with Crippen molar-refractivity contribution in [1.82, 2.24) is 19.7 Å². The molecule has 2 aliphatic rings. The molecule has 3 heterocycles. The van der Waals surface area contributed by atoms with Gasteiger partial charge in [-0.05, 0) is 57.1 Å². The largest absolute Gasteiger partial charge is 0.493 e. The van der Waals surface area contributed by atoms with Crippen molar-refractivity contribution in [2.75, 3.05) is 25.0 Å². The van der Waals surface area contributed by atoms with Crippen LogP contribution >= 0.6 is 0 Å². The molecule has 1 aromatic carbocycles. The Balaban J connectivity index is 1.21. The number of amides is 1. The minimum atomic E-state index is -2.48. The Morgan fingerprint density at radius 1 is 1.28 bits per heavy atom. The van der Waals surface area contributed by atoms with E-state index < -0.39 is 12.5 Å². The smallest absolute Gasteiger partial charge is 0.260 e. The molecule has 1 N–H and O–H groups in total. The highest BCUT2D eigenvalue weighted by molar-refractivity contribution is 5.76. The quantitative estimate of drug-likeness (QED) is 0.650. The van der Waals surface area contributed by atoms with E-state index in [-0.39, 0.29) is 17.9 Å². The first-order valence-corrected chi connectivity index (χ1v) is 11.3. The number of carbonyl (C=O) groups is 1. The molecule has 1 saturated heterocycles. The van der Waals surface area contributed by atoms with Crippen molar-refractivity contribution in [3.8, 4) is 5.75 Å². The number of likely N-dealkylation sites (tertiary alicyclic amines) is 1. The van der Waals surface area contributed by atoms with Gasteiger partial charge in [0, 0.05) is 25.6 Å². The molecule has 2 aromatic rings. The number of hydrogen-bond acceptors (Lipinski definition) is 5. The van der Waals surface area contributed by atoms with Gasteiger partial charge >= 0.3 is 0 Å². The highest BCUT2D eigenvalue weighted by Crippen LogP contribution is 2.35. The Kier molecular flexibility index (Phi) is 6.91. The van der Waals surface area contributed by atoms with Gasteiger partial charge in [-0.2, -0.15) is 10.1 Å². The zero-order valence-electron chi connectivity index (χ0n) is 18.6.